The first-order valence-electron chi connectivity index (χ1n) is 7.58. The Morgan fingerprint density at radius 1 is 1.22 bits per heavy atom. The van der Waals surface area contributed by atoms with Crippen molar-refractivity contribution >= 4 is 5.91 Å². The zero-order valence-electron chi connectivity index (χ0n) is 12.5. The highest BCUT2D eigenvalue weighted by atomic mass is 19.1. The number of hydrogen-bond donors (Lipinski definition) is 2. The predicted molar refractivity (Wildman–Crippen MR) is 77.1 cm³/mol. The van der Waals surface area contributed by atoms with Gasteiger partial charge in [-0.25, -0.2) is 8.78 Å². The molecule has 0 saturated heterocycles. The molecular weight excluding hydrogens is 304 g/mol. The van der Waals surface area contributed by atoms with Crippen molar-refractivity contribution in [2.75, 3.05) is 0 Å². The second-order valence-corrected chi connectivity index (χ2v) is 5.80. The molecule has 1 aromatic carbocycles. The number of H-pyrrole nitrogens is 1. The average molecular weight is 321 g/mol. The van der Waals surface area contributed by atoms with Gasteiger partial charge in [0.15, 0.2) is 5.82 Å². The topological polar surface area (TPSA) is 83.6 Å². The van der Waals surface area contributed by atoms with Crippen LogP contribution in [0.1, 0.15) is 43.5 Å². The molecular formula is C15H17F2N5O. The van der Waals surface area contributed by atoms with Crippen LogP contribution >= 0.6 is 0 Å². The van der Waals surface area contributed by atoms with Crippen molar-refractivity contribution in [1.82, 2.24) is 25.9 Å². The maximum absolute atomic E-state index is 13.7. The third-order valence-electron chi connectivity index (χ3n) is 4.26. The van der Waals surface area contributed by atoms with E-state index in [9.17, 15) is 13.6 Å². The predicted octanol–water partition coefficient (Wildman–Crippen LogP) is 2.00. The second kappa shape index (κ2) is 6.39. The van der Waals surface area contributed by atoms with Crippen molar-refractivity contribution in [2.24, 2.45) is 0 Å². The lowest BCUT2D eigenvalue weighted by Crippen LogP contribution is -2.48. The van der Waals surface area contributed by atoms with Gasteiger partial charge < -0.3 is 5.32 Å². The first kappa shape index (κ1) is 15.5. The normalized spacial score (nSPS) is 17.0. The molecule has 122 valence electrons. The fraction of sp³-hybridized carbons (Fsp3) is 0.467. The number of nitrogens with zero attached hydrogens (tertiary/aromatic N) is 3. The molecule has 1 fully saturated rings. The van der Waals surface area contributed by atoms with Crippen LogP contribution in [-0.2, 0) is 16.8 Å². The largest absolute Gasteiger partial charge is 0.343 e. The van der Waals surface area contributed by atoms with Gasteiger partial charge in [-0.15, -0.1) is 10.2 Å². The first-order chi connectivity index (χ1) is 11.1. The maximum Gasteiger partial charge on any atom is 0.225 e. The lowest BCUT2D eigenvalue weighted by molar-refractivity contribution is -0.123. The molecule has 6 nitrogen and oxygen atoms in total. The molecule has 8 heteroatoms. The fourth-order valence-electron chi connectivity index (χ4n) is 3.10. The van der Waals surface area contributed by atoms with Crippen LogP contribution in [0.2, 0.25) is 0 Å². The zero-order chi connectivity index (χ0) is 16.3. The van der Waals surface area contributed by atoms with Gasteiger partial charge in [0.2, 0.25) is 5.91 Å². The van der Waals surface area contributed by atoms with Crippen LogP contribution in [-0.4, -0.2) is 26.5 Å². The summed E-state index contributed by atoms with van der Waals surface area (Å²) in [5, 5.41) is 16.8. The van der Waals surface area contributed by atoms with E-state index in [0.717, 1.165) is 31.4 Å². The van der Waals surface area contributed by atoms with Crippen LogP contribution in [0.15, 0.2) is 18.2 Å². The van der Waals surface area contributed by atoms with Crippen molar-refractivity contribution in [3.63, 3.8) is 0 Å². The molecule has 1 heterocycles. The number of hydrogen-bond acceptors (Lipinski definition) is 4. The van der Waals surface area contributed by atoms with Gasteiger partial charge in [-0.05, 0) is 25.0 Å². The monoisotopic (exact) mass is 321 g/mol. The minimum Gasteiger partial charge on any atom is -0.343 e. The number of aromatic nitrogens is 4. The highest BCUT2D eigenvalue weighted by Crippen LogP contribution is 2.35. The summed E-state index contributed by atoms with van der Waals surface area (Å²) in [7, 11) is 0. The number of tetrazole rings is 1. The third-order valence-corrected chi connectivity index (χ3v) is 4.26. The molecule has 0 radical (unpaired) electrons. The van der Waals surface area contributed by atoms with Gasteiger partial charge in [0, 0.05) is 5.56 Å². The molecule has 2 N–H and O–H groups in total. The first-order valence-corrected chi connectivity index (χ1v) is 7.58. The zero-order valence-corrected chi connectivity index (χ0v) is 12.5. The molecule has 1 aliphatic rings. The van der Waals surface area contributed by atoms with E-state index in [1.807, 2.05) is 0 Å². The molecule has 1 aliphatic carbocycles. The van der Waals surface area contributed by atoms with E-state index in [4.69, 9.17) is 0 Å². The van der Waals surface area contributed by atoms with Crippen molar-refractivity contribution in [3.8, 4) is 0 Å². The molecule has 3 rings (SSSR count). The summed E-state index contributed by atoms with van der Waals surface area (Å²) in [6.07, 6.45) is 3.90. The van der Waals surface area contributed by atoms with E-state index < -0.39 is 23.1 Å². The van der Waals surface area contributed by atoms with Crippen LogP contribution in [0.4, 0.5) is 8.78 Å². The van der Waals surface area contributed by atoms with Crippen LogP contribution in [0.3, 0.4) is 0 Å². The minimum atomic E-state index is -0.725. The number of nitrogens with one attached hydrogen (secondary N) is 2. The summed E-state index contributed by atoms with van der Waals surface area (Å²) in [5.41, 5.74) is -0.951. The molecule has 0 spiro atoms. The average Bonchev–Trinajstić information content (AvgIpc) is 3.07. The molecule has 0 aliphatic heterocycles. The maximum atomic E-state index is 13.7. The van der Waals surface area contributed by atoms with E-state index >= 15 is 0 Å². The number of carbonyl (C=O) groups excluding carboxylic acids is 1. The Morgan fingerprint density at radius 2 is 1.91 bits per heavy atom. The van der Waals surface area contributed by atoms with Crippen molar-refractivity contribution in [2.45, 2.75) is 44.1 Å². The summed E-state index contributed by atoms with van der Waals surface area (Å²) in [6, 6.07) is 3.55. The Kier molecular flexibility index (Phi) is 4.31. The van der Waals surface area contributed by atoms with Crippen LogP contribution in [0, 0.1) is 11.6 Å². The summed E-state index contributed by atoms with van der Waals surface area (Å²) >= 11 is 0. The molecule has 0 atom stereocenters. The van der Waals surface area contributed by atoms with Crippen molar-refractivity contribution in [1.29, 1.82) is 0 Å². The van der Waals surface area contributed by atoms with Crippen LogP contribution in [0.25, 0.3) is 0 Å². The van der Waals surface area contributed by atoms with Gasteiger partial charge in [0.25, 0.3) is 0 Å². The number of benzene rings is 1. The Labute approximate surface area is 131 Å². The lowest BCUT2D eigenvalue weighted by Gasteiger charge is -2.35. The van der Waals surface area contributed by atoms with Gasteiger partial charge in [-0.2, -0.15) is 5.21 Å². The van der Waals surface area contributed by atoms with Crippen LogP contribution in [0.5, 0.6) is 0 Å². The highest BCUT2D eigenvalue weighted by Gasteiger charge is 2.39. The van der Waals surface area contributed by atoms with E-state index in [0.29, 0.717) is 18.7 Å². The van der Waals surface area contributed by atoms with Gasteiger partial charge in [-0.1, -0.05) is 30.5 Å². The summed E-state index contributed by atoms with van der Waals surface area (Å²) in [6.45, 7) is 0. The van der Waals surface area contributed by atoms with Gasteiger partial charge >= 0.3 is 0 Å². The molecule has 0 bridgehead atoms. The number of carbonyl (C=O) groups is 1. The van der Waals surface area contributed by atoms with E-state index in [-0.39, 0.29) is 12.0 Å². The molecule has 23 heavy (non-hydrogen) atoms. The quantitative estimate of drug-likeness (QED) is 0.902. The Balaban J connectivity index is 1.79. The Hall–Kier alpha value is -2.38. The van der Waals surface area contributed by atoms with E-state index in [2.05, 4.69) is 25.9 Å². The highest BCUT2D eigenvalue weighted by molar-refractivity contribution is 5.79. The summed E-state index contributed by atoms with van der Waals surface area (Å²) in [5.74, 6) is -1.49. The standard InChI is InChI=1S/C15H17F2N5O/c16-11-5-4-6-12(17)10(11)9-13(23)18-15(7-2-1-3-8-15)14-19-21-22-20-14/h4-6H,1-3,7-9H2,(H,18,23)(H,19,20,21,22). The number of aromatic amines is 1. The summed E-state index contributed by atoms with van der Waals surface area (Å²) < 4.78 is 27.4. The lowest BCUT2D eigenvalue weighted by atomic mass is 9.81. The molecule has 1 amide bonds. The fourth-order valence-corrected chi connectivity index (χ4v) is 3.10. The van der Waals surface area contributed by atoms with Gasteiger partial charge in [0.05, 0.1) is 6.42 Å². The van der Waals surface area contributed by atoms with E-state index in [1.165, 1.54) is 6.07 Å². The minimum absolute atomic E-state index is 0.232. The SMILES string of the molecule is O=C(Cc1c(F)cccc1F)NC1(c2nn[nH]n2)CCCCC1. The van der Waals surface area contributed by atoms with Crippen LogP contribution < -0.4 is 5.32 Å². The molecule has 1 aromatic heterocycles. The number of rotatable bonds is 4. The summed E-state index contributed by atoms with van der Waals surface area (Å²) in [4.78, 5) is 12.4. The number of amides is 1. The smallest absolute Gasteiger partial charge is 0.225 e. The van der Waals surface area contributed by atoms with Crippen molar-refractivity contribution < 1.29 is 13.6 Å². The van der Waals surface area contributed by atoms with Gasteiger partial charge in [-0.3, -0.25) is 4.79 Å². The molecule has 2 aromatic rings. The Morgan fingerprint density at radius 3 is 2.52 bits per heavy atom. The van der Waals surface area contributed by atoms with E-state index in [1.54, 1.807) is 0 Å². The third kappa shape index (κ3) is 3.20. The second-order valence-electron chi connectivity index (χ2n) is 5.80. The molecule has 0 unspecified atom stereocenters. The van der Waals surface area contributed by atoms with Gasteiger partial charge in [0.1, 0.15) is 17.2 Å². The number of halogens is 2. The Bertz CT molecular complexity index is 663. The van der Waals surface area contributed by atoms with Crippen molar-refractivity contribution in [3.05, 3.63) is 41.2 Å². The molecule has 1 saturated carbocycles.